The molecular weight excluding hydrogens is 212 g/mol. The molecule has 1 aromatic rings. The van der Waals surface area contributed by atoms with Crippen LogP contribution < -0.4 is 0 Å². The van der Waals surface area contributed by atoms with Crippen molar-refractivity contribution in [3.05, 3.63) is 18.0 Å². The van der Waals surface area contributed by atoms with Gasteiger partial charge >= 0.3 is 0 Å². The summed E-state index contributed by atoms with van der Waals surface area (Å²) >= 11 is 0. The molecule has 0 saturated carbocycles. The molecule has 1 saturated heterocycles. The van der Waals surface area contributed by atoms with Crippen molar-refractivity contribution >= 4 is 0 Å². The number of halogens is 2. The summed E-state index contributed by atoms with van der Waals surface area (Å²) in [6.45, 7) is 2.98. The molecule has 0 radical (unpaired) electrons. The molecule has 0 unspecified atom stereocenters. The summed E-state index contributed by atoms with van der Waals surface area (Å²) in [5, 5.41) is 6.56. The highest BCUT2D eigenvalue weighted by Crippen LogP contribution is 2.32. The van der Waals surface area contributed by atoms with E-state index in [4.69, 9.17) is 0 Å². The molecule has 0 bridgehead atoms. The predicted octanol–water partition coefficient (Wildman–Crippen LogP) is 1.93. The third-order valence-electron chi connectivity index (χ3n) is 3.31. The van der Waals surface area contributed by atoms with Crippen LogP contribution in [-0.2, 0) is 6.42 Å². The van der Waals surface area contributed by atoms with Crippen LogP contribution in [0, 0.1) is 5.92 Å². The summed E-state index contributed by atoms with van der Waals surface area (Å²) in [7, 11) is 0. The van der Waals surface area contributed by atoms with Gasteiger partial charge < -0.3 is 0 Å². The Labute approximate surface area is 93.8 Å². The summed E-state index contributed by atoms with van der Waals surface area (Å²) in [6.07, 6.45) is 4.91. The minimum absolute atomic E-state index is 0.105. The molecule has 1 aromatic heterocycles. The molecule has 0 amide bonds. The van der Waals surface area contributed by atoms with Crippen LogP contribution in [0.5, 0.6) is 0 Å². The second kappa shape index (κ2) is 4.49. The van der Waals surface area contributed by atoms with Crippen molar-refractivity contribution in [2.75, 3.05) is 19.6 Å². The van der Waals surface area contributed by atoms with Crippen LogP contribution in [0.3, 0.4) is 0 Å². The van der Waals surface area contributed by atoms with E-state index in [0.717, 1.165) is 18.5 Å². The zero-order chi connectivity index (χ0) is 11.6. The quantitative estimate of drug-likeness (QED) is 0.858. The Hall–Kier alpha value is -0.970. The molecule has 3 nitrogen and oxygen atoms in total. The summed E-state index contributed by atoms with van der Waals surface area (Å²) in [6, 6.07) is 0. The van der Waals surface area contributed by atoms with E-state index in [2.05, 4.69) is 10.2 Å². The maximum atomic E-state index is 13.5. The van der Waals surface area contributed by atoms with E-state index in [1.54, 1.807) is 13.1 Å². The van der Waals surface area contributed by atoms with Gasteiger partial charge in [-0.15, -0.1) is 0 Å². The summed E-state index contributed by atoms with van der Waals surface area (Å²) in [4.78, 5) is 1.84. The average Bonchev–Trinajstić information content (AvgIpc) is 2.72. The van der Waals surface area contributed by atoms with Crippen molar-refractivity contribution in [1.29, 1.82) is 0 Å². The Kier molecular flexibility index (Phi) is 3.23. The molecular formula is C11H17F2N3. The second-order valence-electron chi connectivity index (χ2n) is 4.58. The third-order valence-corrected chi connectivity index (χ3v) is 3.31. The van der Waals surface area contributed by atoms with Crippen LogP contribution in [0.2, 0.25) is 0 Å². The Morgan fingerprint density at radius 1 is 1.62 bits per heavy atom. The number of nitrogens with one attached hydrogen (secondary N) is 1. The molecule has 1 atom stereocenters. The monoisotopic (exact) mass is 229 g/mol. The minimum Gasteiger partial charge on any atom is -0.297 e. The van der Waals surface area contributed by atoms with Gasteiger partial charge in [-0.25, -0.2) is 8.78 Å². The number of rotatable bonds is 3. The highest BCUT2D eigenvalue weighted by atomic mass is 19.3. The van der Waals surface area contributed by atoms with Gasteiger partial charge in [-0.3, -0.25) is 10.00 Å². The molecule has 0 spiro atoms. The molecule has 16 heavy (non-hydrogen) atoms. The first kappa shape index (κ1) is 11.5. The van der Waals surface area contributed by atoms with Crippen molar-refractivity contribution in [3.8, 4) is 0 Å². The van der Waals surface area contributed by atoms with E-state index in [0.29, 0.717) is 13.0 Å². The lowest BCUT2D eigenvalue weighted by Crippen LogP contribution is -2.48. The fourth-order valence-corrected chi connectivity index (χ4v) is 2.01. The average molecular weight is 229 g/mol. The number of piperidine rings is 1. The van der Waals surface area contributed by atoms with Crippen molar-refractivity contribution in [3.63, 3.8) is 0 Å². The maximum Gasteiger partial charge on any atom is 0.263 e. The lowest BCUT2D eigenvalue weighted by Gasteiger charge is -2.36. The number of H-pyrrole nitrogens is 1. The van der Waals surface area contributed by atoms with Crippen molar-refractivity contribution < 1.29 is 8.78 Å². The van der Waals surface area contributed by atoms with Crippen molar-refractivity contribution in [2.45, 2.75) is 25.7 Å². The topological polar surface area (TPSA) is 31.9 Å². The number of nitrogens with zero attached hydrogens (tertiary/aromatic N) is 2. The molecule has 90 valence electrons. The lowest BCUT2D eigenvalue weighted by atomic mass is 9.95. The maximum absolute atomic E-state index is 13.5. The molecule has 1 N–H and O–H groups in total. The van der Waals surface area contributed by atoms with Gasteiger partial charge in [0.2, 0.25) is 0 Å². The van der Waals surface area contributed by atoms with E-state index in [9.17, 15) is 8.78 Å². The number of hydrogen-bond donors (Lipinski definition) is 1. The van der Waals surface area contributed by atoms with Gasteiger partial charge in [0.05, 0.1) is 12.7 Å². The van der Waals surface area contributed by atoms with E-state index in [-0.39, 0.29) is 6.54 Å². The van der Waals surface area contributed by atoms with Crippen LogP contribution in [0.25, 0.3) is 0 Å². The summed E-state index contributed by atoms with van der Waals surface area (Å²) < 4.78 is 26.9. The van der Waals surface area contributed by atoms with Crippen LogP contribution in [-0.4, -0.2) is 40.7 Å². The number of likely N-dealkylation sites (tertiary alicyclic amines) is 1. The molecule has 0 aromatic carbocycles. The molecule has 2 rings (SSSR count). The van der Waals surface area contributed by atoms with Gasteiger partial charge in [0.1, 0.15) is 0 Å². The van der Waals surface area contributed by atoms with Gasteiger partial charge in [-0.2, -0.15) is 5.10 Å². The van der Waals surface area contributed by atoms with Crippen LogP contribution >= 0.6 is 0 Å². The summed E-state index contributed by atoms with van der Waals surface area (Å²) in [5.41, 5.74) is 1.07. The SMILES string of the molecule is C[C@H]1CCN(CCc2cn[nH]c2)CC1(F)F. The zero-order valence-electron chi connectivity index (χ0n) is 9.42. The van der Waals surface area contributed by atoms with E-state index in [1.165, 1.54) is 0 Å². The molecule has 1 aliphatic heterocycles. The first-order valence-electron chi connectivity index (χ1n) is 5.66. The largest absolute Gasteiger partial charge is 0.297 e. The summed E-state index contributed by atoms with van der Waals surface area (Å²) in [5.74, 6) is -3.02. The Morgan fingerprint density at radius 2 is 2.44 bits per heavy atom. The molecule has 1 aliphatic rings. The molecule has 2 heterocycles. The molecule has 1 fully saturated rings. The van der Waals surface area contributed by atoms with E-state index >= 15 is 0 Å². The van der Waals surface area contributed by atoms with E-state index < -0.39 is 11.8 Å². The normalized spacial score (nSPS) is 25.8. The number of aromatic amines is 1. The Morgan fingerprint density at radius 3 is 3.06 bits per heavy atom. The Bertz CT molecular complexity index is 324. The van der Waals surface area contributed by atoms with Crippen LogP contribution in [0.1, 0.15) is 18.9 Å². The number of hydrogen-bond acceptors (Lipinski definition) is 2. The van der Waals surface area contributed by atoms with Gasteiger partial charge in [-0.05, 0) is 24.9 Å². The van der Waals surface area contributed by atoms with Gasteiger partial charge in [0.15, 0.2) is 0 Å². The first-order valence-corrected chi connectivity index (χ1v) is 5.66. The fraction of sp³-hybridized carbons (Fsp3) is 0.727. The van der Waals surface area contributed by atoms with Crippen LogP contribution in [0.15, 0.2) is 12.4 Å². The highest BCUT2D eigenvalue weighted by Gasteiger charge is 2.41. The standard InChI is InChI=1S/C11H17F2N3/c1-9-2-4-16(8-11(9,12)13)5-3-10-6-14-15-7-10/h6-7,9H,2-5,8H2,1H3,(H,14,15)/t9-/m0/s1. The van der Waals surface area contributed by atoms with Gasteiger partial charge in [-0.1, -0.05) is 6.92 Å². The fourth-order valence-electron chi connectivity index (χ4n) is 2.01. The van der Waals surface area contributed by atoms with Crippen LogP contribution in [0.4, 0.5) is 8.78 Å². The van der Waals surface area contributed by atoms with Gasteiger partial charge in [0, 0.05) is 18.7 Å². The number of alkyl halides is 2. The smallest absolute Gasteiger partial charge is 0.263 e. The highest BCUT2D eigenvalue weighted by molar-refractivity contribution is 5.03. The zero-order valence-corrected chi connectivity index (χ0v) is 9.42. The Balaban J connectivity index is 1.83. The minimum atomic E-state index is -2.53. The van der Waals surface area contributed by atoms with Crippen molar-refractivity contribution in [2.24, 2.45) is 5.92 Å². The predicted molar refractivity (Wildman–Crippen MR) is 57.5 cm³/mol. The molecule has 5 heteroatoms. The second-order valence-corrected chi connectivity index (χ2v) is 4.58. The van der Waals surface area contributed by atoms with E-state index in [1.807, 2.05) is 11.1 Å². The molecule has 0 aliphatic carbocycles. The number of aromatic nitrogens is 2. The lowest BCUT2D eigenvalue weighted by molar-refractivity contribution is -0.104. The third kappa shape index (κ3) is 2.58. The first-order chi connectivity index (χ1) is 7.58. The van der Waals surface area contributed by atoms with Gasteiger partial charge in [0.25, 0.3) is 5.92 Å². The van der Waals surface area contributed by atoms with Crippen molar-refractivity contribution in [1.82, 2.24) is 15.1 Å².